The number of nitrogens with one attached hydrogen (secondary N) is 2. The van der Waals surface area contributed by atoms with Gasteiger partial charge in [-0.25, -0.2) is 21.6 Å². The Kier molecular flexibility index (Phi) is 5.17. The lowest BCUT2D eigenvalue weighted by molar-refractivity contribution is 0.581. The molecule has 1 aromatic rings. The summed E-state index contributed by atoms with van der Waals surface area (Å²) in [6, 6.07) is 3.47. The Morgan fingerprint density at radius 2 is 1.55 bits per heavy atom. The molecule has 0 atom stereocenters. The van der Waals surface area contributed by atoms with Gasteiger partial charge in [0.2, 0.25) is 10.0 Å². The second-order valence-corrected chi connectivity index (χ2v) is 8.68. The molecule has 20 heavy (non-hydrogen) atoms. The van der Waals surface area contributed by atoms with Gasteiger partial charge in [-0.2, -0.15) is 0 Å². The third kappa shape index (κ3) is 4.46. The molecule has 0 spiro atoms. The monoisotopic (exact) mass is 320 g/mol. The van der Waals surface area contributed by atoms with Crippen molar-refractivity contribution in [3.8, 4) is 0 Å². The van der Waals surface area contributed by atoms with E-state index in [1.807, 2.05) is 0 Å². The predicted octanol–water partition coefficient (Wildman–Crippen LogP) is 0.668. The van der Waals surface area contributed by atoms with Crippen LogP contribution in [0.15, 0.2) is 17.0 Å². The normalized spacial score (nSPS) is 12.4. The molecule has 0 bridgehead atoms. The van der Waals surface area contributed by atoms with Crippen molar-refractivity contribution in [2.75, 3.05) is 30.9 Å². The standard InChI is InChI=1S/C12H20N2O4S2/c1-9-7-11(13-3)8-10(2)12(9)20(17,18)14-5-6-19(4,15)16/h7-8,13-14H,5-6H2,1-4H3. The van der Waals surface area contributed by atoms with Crippen molar-refractivity contribution < 1.29 is 16.8 Å². The Morgan fingerprint density at radius 1 is 1.05 bits per heavy atom. The molecule has 6 nitrogen and oxygen atoms in total. The van der Waals surface area contributed by atoms with Crippen LogP contribution in [0.2, 0.25) is 0 Å². The third-order valence-corrected chi connectivity index (χ3v) is 5.49. The summed E-state index contributed by atoms with van der Waals surface area (Å²) in [4.78, 5) is 0.199. The first-order valence-corrected chi connectivity index (χ1v) is 9.57. The van der Waals surface area contributed by atoms with Crippen molar-refractivity contribution >= 4 is 25.5 Å². The maximum Gasteiger partial charge on any atom is 0.241 e. The van der Waals surface area contributed by atoms with E-state index in [4.69, 9.17) is 0 Å². The molecule has 1 aromatic carbocycles. The zero-order chi connectivity index (χ0) is 15.6. The zero-order valence-electron chi connectivity index (χ0n) is 12.0. The fraction of sp³-hybridized carbons (Fsp3) is 0.500. The van der Waals surface area contributed by atoms with Gasteiger partial charge in [0.1, 0.15) is 9.84 Å². The Labute approximate surface area is 120 Å². The SMILES string of the molecule is CNc1cc(C)c(S(=O)(=O)NCCS(C)(=O)=O)c(C)c1. The number of hydrogen-bond acceptors (Lipinski definition) is 5. The smallest absolute Gasteiger partial charge is 0.241 e. The number of sulfonamides is 1. The fourth-order valence-electron chi connectivity index (χ4n) is 1.95. The van der Waals surface area contributed by atoms with Gasteiger partial charge in [-0.1, -0.05) is 0 Å². The Morgan fingerprint density at radius 3 is 1.95 bits per heavy atom. The van der Waals surface area contributed by atoms with Crippen molar-refractivity contribution in [3.63, 3.8) is 0 Å². The molecule has 0 fully saturated rings. The first kappa shape index (κ1) is 16.9. The van der Waals surface area contributed by atoms with Crippen LogP contribution >= 0.6 is 0 Å². The second-order valence-electron chi connectivity index (χ2n) is 4.72. The molecule has 2 N–H and O–H groups in total. The zero-order valence-corrected chi connectivity index (χ0v) is 13.7. The van der Waals surface area contributed by atoms with E-state index < -0.39 is 19.9 Å². The largest absolute Gasteiger partial charge is 0.388 e. The molecule has 8 heteroatoms. The minimum absolute atomic E-state index is 0.131. The fourth-order valence-corrected chi connectivity index (χ4v) is 4.03. The molecule has 0 aliphatic rings. The van der Waals surface area contributed by atoms with E-state index >= 15 is 0 Å². The summed E-state index contributed by atoms with van der Waals surface area (Å²) < 4.78 is 48.8. The Hall–Kier alpha value is -1.12. The minimum atomic E-state index is -3.71. The summed E-state index contributed by atoms with van der Waals surface area (Å²) in [5, 5.41) is 2.96. The highest BCUT2D eigenvalue weighted by molar-refractivity contribution is 7.91. The Balaban J connectivity index is 3.04. The Bertz CT molecular complexity index is 671. The van der Waals surface area contributed by atoms with Crippen LogP contribution in [0.5, 0.6) is 0 Å². The van der Waals surface area contributed by atoms with Gasteiger partial charge in [-0.15, -0.1) is 0 Å². The number of aryl methyl sites for hydroxylation is 2. The number of sulfone groups is 1. The first-order chi connectivity index (χ1) is 9.07. The van der Waals surface area contributed by atoms with Crippen molar-refractivity contribution in [1.82, 2.24) is 4.72 Å². The van der Waals surface area contributed by atoms with Gasteiger partial charge in [-0.05, 0) is 37.1 Å². The van der Waals surface area contributed by atoms with Gasteiger partial charge in [0.05, 0.1) is 10.6 Å². The molecular weight excluding hydrogens is 300 g/mol. The maximum atomic E-state index is 12.2. The van der Waals surface area contributed by atoms with Crippen molar-refractivity contribution in [2.24, 2.45) is 0 Å². The molecule has 0 saturated carbocycles. The topological polar surface area (TPSA) is 92.3 Å². The average molecular weight is 320 g/mol. The molecule has 0 unspecified atom stereocenters. The lowest BCUT2D eigenvalue weighted by Gasteiger charge is -2.13. The number of hydrogen-bond donors (Lipinski definition) is 2. The van der Waals surface area contributed by atoms with Crippen LogP contribution < -0.4 is 10.0 Å². The van der Waals surface area contributed by atoms with Gasteiger partial charge >= 0.3 is 0 Å². The summed E-state index contributed by atoms with van der Waals surface area (Å²) in [6.07, 6.45) is 1.07. The summed E-state index contributed by atoms with van der Waals surface area (Å²) in [5.41, 5.74) is 2.05. The van der Waals surface area contributed by atoms with Gasteiger partial charge in [0, 0.05) is 25.5 Å². The van der Waals surface area contributed by atoms with E-state index in [9.17, 15) is 16.8 Å². The molecule has 0 aliphatic carbocycles. The molecule has 0 amide bonds. The second kappa shape index (κ2) is 6.11. The van der Waals surface area contributed by atoms with Crippen LogP contribution in [0.25, 0.3) is 0 Å². The van der Waals surface area contributed by atoms with Crippen LogP contribution in [0.4, 0.5) is 5.69 Å². The molecular formula is C12H20N2O4S2. The molecule has 0 aliphatic heterocycles. The molecule has 0 aromatic heterocycles. The average Bonchev–Trinajstić information content (AvgIpc) is 2.25. The highest BCUT2D eigenvalue weighted by atomic mass is 32.2. The van der Waals surface area contributed by atoms with Crippen LogP contribution in [0.1, 0.15) is 11.1 Å². The van der Waals surface area contributed by atoms with Crippen molar-refractivity contribution in [3.05, 3.63) is 23.3 Å². The number of anilines is 1. The molecule has 0 heterocycles. The molecule has 0 saturated heterocycles. The summed E-state index contributed by atoms with van der Waals surface area (Å²) >= 11 is 0. The van der Waals surface area contributed by atoms with Gasteiger partial charge in [-0.3, -0.25) is 0 Å². The lowest BCUT2D eigenvalue weighted by Crippen LogP contribution is -2.30. The number of rotatable bonds is 6. The van der Waals surface area contributed by atoms with Gasteiger partial charge < -0.3 is 5.32 Å². The summed E-state index contributed by atoms with van der Waals surface area (Å²) in [7, 11) is -5.15. The highest BCUT2D eigenvalue weighted by Gasteiger charge is 2.20. The van der Waals surface area contributed by atoms with E-state index in [1.54, 1.807) is 33.0 Å². The van der Waals surface area contributed by atoms with Gasteiger partial charge in [0.15, 0.2) is 0 Å². The molecule has 1 rings (SSSR count). The minimum Gasteiger partial charge on any atom is -0.388 e. The van der Waals surface area contributed by atoms with Crippen molar-refractivity contribution in [1.29, 1.82) is 0 Å². The van der Waals surface area contributed by atoms with Gasteiger partial charge in [0.25, 0.3) is 0 Å². The van der Waals surface area contributed by atoms with Crippen LogP contribution in [0, 0.1) is 13.8 Å². The van der Waals surface area contributed by atoms with Crippen LogP contribution in [-0.2, 0) is 19.9 Å². The quantitative estimate of drug-likeness (QED) is 0.803. The first-order valence-electron chi connectivity index (χ1n) is 6.03. The summed E-state index contributed by atoms with van der Waals surface area (Å²) in [5.74, 6) is -0.223. The highest BCUT2D eigenvalue weighted by Crippen LogP contribution is 2.24. The van der Waals surface area contributed by atoms with Crippen LogP contribution in [-0.4, -0.2) is 42.4 Å². The van der Waals surface area contributed by atoms with E-state index in [2.05, 4.69) is 10.0 Å². The third-order valence-electron chi connectivity index (χ3n) is 2.78. The number of benzene rings is 1. The van der Waals surface area contributed by atoms with E-state index in [-0.39, 0.29) is 17.2 Å². The van der Waals surface area contributed by atoms with E-state index in [0.29, 0.717) is 11.1 Å². The molecule has 114 valence electrons. The maximum absolute atomic E-state index is 12.2. The molecule has 0 radical (unpaired) electrons. The van der Waals surface area contributed by atoms with E-state index in [1.165, 1.54) is 0 Å². The van der Waals surface area contributed by atoms with E-state index in [0.717, 1.165) is 11.9 Å². The van der Waals surface area contributed by atoms with Crippen molar-refractivity contribution in [2.45, 2.75) is 18.7 Å². The lowest BCUT2D eigenvalue weighted by atomic mass is 10.1. The predicted molar refractivity (Wildman–Crippen MR) is 80.4 cm³/mol. The van der Waals surface area contributed by atoms with Crippen LogP contribution in [0.3, 0.4) is 0 Å². The summed E-state index contributed by atoms with van der Waals surface area (Å²) in [6.45, 7) is 3.28.